The van der Waals surface area contributed by atoms with E-state index in [0.29, 0.717) is 11.3 Å². The molecule has 0 fully saturated rings. The maximum atomic E-state index is 11.0. The molecule has 0 aliphatic rings. The first-order valence-corrected chi connectivity index (χ1v) is 4.39. The molecule has 0 unspecified atom stereocenters. The second-order valence-electron chi connectivity index (χ2n) is 2.92. The molecule has 0 atom stereocenters. The average Bonchev–Trinajstić information content (AvgIpc) is 2.74. The van der Waals surface area contributed by atoms with Crippen molar-refractivity contribution in [1.29, 1.82) is 0 Å². The molecule has 5 nitrogen and oxygen atoms in total. The molecule has 2 rings (SSSR count). The van der Waals surface area contributed by atoms with Crippen LogP contribution in [-0.4, -0.2) is 27.8 Å². The minimum Gasteiger partial charge on any atom is -0.483 e. The molecule has 0 saturated carbocycles. The monoisotopic (exact) mass is 203 g/mol. The molecule has 0 saturated heterocycles. The Morgan fingerprint density at radius 2 is 2.47 bits per heavy atom. The van der Waals surface area contributed by atoms with Gasteiger partial charge in [0, 0.05) is 0 Å². The van der Waals surface area contributed by atoms with E-state index in [1.54, 1.807) is 12.1 Å². The van der Waals surface area contributed by atoms with Gasteiger partial charge in [0.05, 0.1) is 5.52 Å². The fourth-order valence-electron chi connectivity index (χ4n) is 1.17. The normalized spacial score (nSPS) is 10.1. The summed E-state index contributed by atoms with van der Waals surface area (Å²) in [6.45, 7) is 3.33. The first kappa shape index (κ1) is 9.39. The van der Waals surface area contributed by atoms with E-state index in [2.05, 4.69) is 22.0 Å². The number of ether oxygens (including phenoxy) is 1. The highest BCUT2D eigenvalue weighted by atomic mass is 16.5. The number of rotatable bonds is 4. The lowest BCUT2D eigenvalue weighted by atomic mass is 10.3. The van der Waals surface area contributed by atoms with Crippen LogP contribution in [0.1, 0.15) is 0 Å². The van der Waals surface area contributed by atoms with Crippen molar-refractivity contribution in [3.05, 3.63) is 30.9 Å². The van der Waals surface area contributed by atoms with Gasteiger partial charge in [-0.3, -0.25) is 9.89 Å². The predicted octanol–water partition coefficient (Wildman–Crippen LogP) is 1.09. The van der Waals surface area contributed by atoms with E-state index in [0.717, 1.165) is 5.52 Å². The number of ketones is 1. The molecule has 1 heterocycles. The summed E-state index contributed by atoms with van der Waals surface area (Å²) in [4.78, 5) is 11.0. The van der Waals surface area contributed by atoms with Gasteiger partial charge in [-0.1, -0.05) is 17.9 Å². The third kappa shape index (κ3) is 1.85. The van der Waals surface area contributed by atoms with Gasteiger partial charge in [0.1, 0.15) is 5.75 Å². The third-order valence-corrected chi connectivity index (χ3v) is 1.92. The second-order valence-corrected chi connectivity index (χ2v) is 2.92. The zero-order valence-electron chi connectivity index (χ0n) is 7.93. The molecular formula is C10H9N3O2. The second kappa shape index (κ2) is 3.91. The Morgan fingerprint density at radius 1 is 1.60 bits per heavy atom. The number of hydrogen-bond donors (Lipinski definition) is 1. The topological polar surface area (TPSA) is 67.9 Å². The Labute approximate surface area is 85.7 Å². The van der Waals surface area contributed by atoms with Crippen molar-refractivity contribution in [2.75, 3.05) is 6.61 Å². The summed E-state index contributed by atoms with van der Waals surface area (Å²) in [7, 11) is 0. The first-order valence-electron chi connectivity index (χ1n) is 4.39. The standard InChI is InChI=1S/C10H9N3O2/c1-2-7(14)6-15-9-5-3-4-8-10(9)12-13-11-8/h2-5H,1,6H2,(H,11,12,13). The molecule has 1 aromatic heterocycles. The van der Waals surface area contributed by atoms with Gasteiger partial charge in [-0.2, -0.15) is 0 Å². The number of fused-ring (bicyclic) bond motifs is 1. The number of aromatic nitrogens is 3. The van der Waals surface area contributed by atoms with Gasteiger partial charge >= 0.3 is 0 Å². The minimum absolute atomic E-state index is 0.0323. The first-order chi connectivity index (χ1) is 7.31. The Balaban J connectivity index is 2.24. The molecule has 0 amide bonds. The minimum atomic E-state index is -0.171. The van der Waals surface area contributed by atoms with Gasteiger partial charge in [-0.05, 0) is 18.2 Å². The molecule has 76 valence electrons. The quantitative estimate of drug-likeness (QED) is 0.755. The highest BCUT2D eigenvalue weighted by Gasteiger charge is 2.06. The number of nitrogens with one attached hydrogen (secondary N) is 1. The highest BCUT2D eigenvalue weighted by Crippen LogP contribution is 2.20. The summed E-state index contributed by atoms with van der Waals surface area (Å²) in [5.41, 5.74) is 1.40. The molecule has 0 aliphatic carbocycles. The van der Waals surface area contributed by atoms with Crippen LogP contribution in [0.2, 0.25) is 0 Å². The van der Waals surface area contributed by atoms with Gasteiger partial charge in [0.25, 0.3) is 0 Å². The van der Waals surface area contributed by atoms with Crippen molar-refractivity contribution >= 4 is 16.8 Å². The number of benzene rings is 1. The molecule has 15 heavy (non-hydrogen) atoms. The number of nitrogens with zero attached hydrogens (tertiary/aromatic N) is 2. The van der Waals surface area contributed by atoms with Crippen LogP contribution in [0.15, 0.2) is 30.9 Å². The smallest absolute Gasteiger partial charge is 0.192 e. The van der Waals surface area contributed by atoms with Crippen molar-refractivity contribution in [2.45, 2.75) is 0 Å². The van der Waals surface area contributed by atoms with E-state index in [9.17, 15) is 4.79 Å². The van der Waals surface area contributed by atoms with Crippen LogP contribution >= 0.6 is 0 Å². The van der Waals surface area contributed by atoms with Crippen LogP contribution in [0.25, 0.3) is 11.0 Å². The number of H-pyrrole nitrogens is 1. The van der Waals surface area contributed by atoms with Crippen molar-refractivity contribution < 1.29 is 9.53 Å². The van der Waals surface area contributed by atoms with Gasteiger partial charge in [-0.25, -0.2) is 0 Å². The van der Waals surface area contributed by atoms with Crippen molar-refractivity contribution in [3.63, 3.8) is 0 Å². The number of carbonyl (C=O) groups is 1. The zero-order chi connectivity index (χ0) is 10.7. The van der Waals surface area contributed by atoms with E-state index in [1.807, 2.05) is 6.07 Å². The lowest BCUT2D eigenvalue weighted by Crippen LogP contribution is -2.07. The van der Waals surface area contributed by atoms with Gasteiger partial charge in [0.2, 0.25) is 0 Å². The molecule has 2 aromatic rings. The molecule has 0 bridgehead atoms. The van der Waals surface area contributed by atoms with E-state index in [-0.39, 0.29) is 12.4 Å². The fraction of sp³-hybridized carbons (Fsp3) is 0.100. The lowest BCUT2D eigenvalue weighted by Gasteiger charge is -2.02. The molecule has 0 radical (unpaired) electrons. The summed E-state index contributed by atoms with van der Waals surface area (Å²) in [6.07, 6.45) is 1.23. The summed E-state index contributed by atoms with van der Waals surface area (Å²) >= 11 is 0. The number of carbonyl (C=O) groups excluding carboxylic acids is 1. The molecular weight excluding hydrogens is 194 g/mol. The van der Waals surface area contributed by atoms with Crippen LogP contribution in [0, 0.1) is 0 Å². The van der Waals surface area contributed by atoms with E-state index < -0.39 is 0 Å². The molecule has 5 heteroatoms. The molecule has 1 N–H and O–H groups in total. The molecule has 1 aromatic carbocycles. The van der Waals surface area contributed by atoms with E-state index in [1.165, 1.54) is 6.08 Å². The van der Waals surface area contributed by atoms with Crippen molar-refractivity contribution in [2.24, 2.45) is 0 Å². The SMILES string of the molecule is C=CC(=O)COc1cccc2[nH]nnc12. The maximum Gasteiger partial charge on any atom is 0.192 e. The fourth-order valence-corrected chi connectivity index (χ4v) is 1.17. The van der Waals surface area contributed by atoms with Crippen LogP contribution in [0.5, 0.6) is 5.75 Å². The van der Waals surface area contributed by atoms with Crippen LogP contribution in [0.3, 0.4) is 0 Å². The van der Waals surface area contributed by atoms with Crippen LogP contribution in [0.4, 0.5) is 0 Å². The maximum absolute atomic E-state index is 11.0. The largest absolute Gasteiger partial charge is 0.483 e. The van der Waals surface area contributed by atoms with Gasteiger partial charge < -0.3 is 4.74 Å². The van der Waals surface area contributed by atoms with Gasteiger partial charge in [-0.15, -0.1) is 5.10 Å². The average molecular weight is 203 g/mol. The van der Waals surface area contributed by atoms with Crippen molar-refractivity contribution in [3.8, 4) is 5.75 Å². The predicted molar refractivity (Wildman–Crippen MR) is 54.6 cm³/mol. The van der Waals surface area contributed by atoms with Crippen LogP contribution < -0.4 is 4.74 Å². The summed E-state index contributed by atoms with van der Waals surface area (Å²) < 4.78 is 5.29. The molecule has 0 spiro atoms. The zero-order valence-corrected chi connectivity index (χ0v) is 7.93. The summed E-state index contributed by atoms with van der Waals surface area (Å²) in [6, 6.07) is 5.37. The van der Waals surface area contributed by atoms with Crippen LogP contribution in [-0.2, 0) is 4.79 Å². The Morgan fingerprint density at radius 3 is 3.27 bits per heavy atom. The number of aromatic amines is 1. The molecule has 0 aliphatic heterocycles. The lowest BCUT2D eigenvalue weighted by molar-refractivity contribution is -0.116. The Kier molecular flexibility index (Phi) is 2.45. The van der Waals surface area contributed by atoms with E-state index >= 15 is 0 Å². The third-order valence-electron chi connectivity index (χ3n) is 1.92. The van der Waals surface area contributed by atoms with Crippen molar-refractivity contribution in [1.82, 2.24) is 15.4 Å². The summed E-state index contributed by atoms with van der Waals surface area (Å²) in [5.74, 6) is 0.368. The Hall–Kier alpha value is -2.17. The van der Waals surface area contributed by atoms with E-state index in [4.69, 9.17) is 4.74 Å². The van der Waals surface area contributed by atoms with Gasteiger partial charge in [0.15, 0.2) is 17.9 Å². The summed E-state index contributed by atoms with van der Waals surface area (Å²) in [5, 5.41) is 10.2. The Bertz CT molecular complexity index is 504. The number of hydrogen-bond acceptors (Lipinski definition) is 4. The highest BCUT2D eigenvalue weighted by molar-refractivity contribution is 5.90.